The third-order valence-corrected chi connectivity index (χ3v) is 3.17. The Morgan fingerprint density at radius 3 is 2.81 bits per heavy atom. The standard InChI is InChI=1S/C14H16ClN/c1-10(2)13-9-11(5-6-14(13)15)8-12-4-3-7-16-12/h3-7,9-10,12H,8H2,1-2H3. The van der Waals surface area contributed by atoms with Crippen molar-refractivity contribution in [3.8, 4) is 0 Å². The number of hydrogen-bond acceptors (Lipinski definition) is 1. The highest BCUT2D eigenvalue weighted by molar-refractivity contribution is 6.31. The quantitative estimate of drug-likeness (QED) is 0.748. The maximum atomic E-state index is 6.16. The van der Waals surface area contributed by atoms with Crippen LogP contribution in [0.2, 0.25) is 5.02 Å². The van der Waals surface area contributed by atoms with Gasteiger partial charge in [-0.1, -0.05) is 43.7 Å². The summed E-state index contributed by atoms with van der Waals surface area (Å²) >= 11 is 6.16. The second kappa shape index (κ2) is 4.84. The Kier molecular flexibility index (Phi) is 3.45. The lowest BCUT2D eigenvalue weighted by Gasteiger charge is -2.11. The fourth-order valence-corrected chi connectivity index (χ4v) is 2.25. The second-order valence-electron chi connectivity index (χ2n) is 4.47. The van der Waals surface area contributed by atoms with Crippen LogP contribution in [0.1, 0.15) is 30.9 Å². The first-order valence-corrected chi connectivity index (χ1v) is 6.03. The summed E-state index contributed by atoms with van der Waals surface area (Å²) in [4.78, 5) is 4.36. The van der Waals surface area contributed by atoms with Gasteiger partial charge in [0, 0.05) is 11.2 Å². The lowest BCUT2D eigenvalue weighted by atomic mass is 9.98. The van der Waals surface area contributed by atoms with E-state index in [1.807, 2.05) is 18.4 Å². The van der Waals surface area contributed by atoms with Gasteiger partial charge in [-0.3, -0.25) is 4.99 Å². The van der Waals surface area contributed by atoms with Crippen molar-refractivity contribution in [1.29, 1.82) is 0 Å². The molecule has 0 aliphatic carbocycles. The molecule has 2 heteroatoms. The topological polar surface area (TPSA) is 12.4 Å². The van der Waals surface area contributed by atoms with E-state index in [9.17, 15) is 0 Å². The van der Waals surface area contributed by atoms with Gasteiger partial charge in [-0.05, 0) is 35.6 Å². The SMILES string of the molecule is CC(C)c1cc(CC2C=CC=N2)ccc1Cl. The summed E-state index contributed by atoms with van der Waals surface area (Å²) in [5.41, 5.74) is 2.53. The van der Waals surface area contributed by atoms with E-state index in [-0.39, 0.29) is 0 Å². The van der Waals surface area contributed by atoms with E-state index in [0.29, 0.717) is 12.0 Å². The number of hydrogen-bond donors (Lipinski definition) is 0. The van der Waals surface area contributed by atoms with Crippen LogP contribution in [-0.4, -0.2) is 12.3 Å². The van der Waals surface area contributed by atoms with Crippen LogP contribution < -0.4 is 0 Å². The summed E-state index contributed by atoms with van der Waals surface area (Å²) in [6, 6.07) is 6.60. The lowest BCUT2D eigenvalue weighted by molar-refractivity contribution is 0.816. The van der Waals surface area contributed by atoms with Crippen molar-refractivity contribution in [3.63, 3.8) is 0 Å². The van der Waals surface area contributed by atoms with Crippen LogP contribution in [0.25, 0.3) is 0 Å². The van der Waals surface area contributed by atoms with Gasteiger partial charge in [0.05, 0.1) is 6.04 Å². The van der Waals surface area contributed by atoms with Gasteiger partial charge in [0.1, 0.15) is 0 Å². The minimum Gasteiger partial charge on any atom is -0.285 e. The summed E-state index contributed by atoms with van der Waals surface area (Å²) in [6.45, 7) is 4.33. The minimum absolute atomic E-state index is 0.307. The fraction of sp³-hybridized carbons (Fsp3) is 0.357. The molecule has 0 saturated carbocycles. The number of benzene rings is 1. The van der Waals surface area contributed by atoms with Gasteiger partial charge in [-0.2, -0.15) is 0 Å². The average Bonchev–Trinajstić information content (AvgIpc) is 2.73. The monoisotopic (exact) mass is 233 g/mol. The molecule has 1 aliphatic rings. The zero-order valence-electron chi connectivity index (χ0n) is 9.65. The Balaban J connectivity index is 2.18. The molecule has 1 aromatic rings. The number of halogens is 1. The summed E-state index contributed by atoms with van der Waals surface area (Å²) in [5.74, 6) is 0.468. The molecule has 0 fully saturated rings. The molecule has 0 aromatic heterocycles. The molecule has 1 heterocycles. The van der Waals surface area contributed by atoms with Crippen LogP contribution in [0.15, 0.2) is 35.3 Å². The summed E-state index contributed by atoms with van der Waals surface area (Å²) in [6.07, 6.45) is 6.96. The molecule has 0 bridgehead atoms. The molecular formula is C14H16ClN. The van der Waals surface area contributed by atoms with Crippen molar-refractivity contribution >= 4 is 17.8 Å². The molecule has 0 saturated heterocycles. The van der Waals surface area contributed by atoms with E-state index in [0.717, 1.165) is 11.4 Å². The Morgan fingerprint density at radius 1 is 1.38 bits per heavy atom. The summed E-state index contributed by atoms with van der Waals surface area (Å²) in [7, 11) is 0. The van der Waals surface area contributed by atoms with E-state index < -0.39 is 0 Å². The summed E-state index contributed by atoms with van der Waals surface area (Å²) in [5, 5.41) is 0.865. The van der Waals surface area contributed by atoms with Crippen molar-refractivity contribution in [2.45, 2.75) is 32.2 Å². The molecule has 16 heavy (non-hydrogen) atoms. The number of nitrogens with zero attached hydrogens (tertiary/aromatic N) is 1. The highest BCUT2D eigenvalue weighted by Crippen LogP contribution is 2.26. The third-order valence-electron chi connectivity index (χ3n) is 2.82. The van der Waals surface area contributed by atoms with E-state index in [1.54, 1.807) is 0 Å². The normalized spacial score (nSPS) is 18.6. The van der Waals surface area contributed by atoms with Crippen molar-refractivity contribution in [3.05, 3.63) is 46.5 Å². The minimum atomic E-state index is 0.307. The van der Waals surface area contributed by atoms with Crippen molar-refractivity contribution < 1.29 is 0 Å². The largest absolute Gasteiger partial charge is 0.285 e. The average molecular weight is 234 g/mol. The maximum Gasteiger partial charge on any atom is 0.0723 e. The van der Waals surface area contributed by atoms with Crippen LogP contribution in [0, 0.1) is 0 Å². The molecule has 0 radical (unpaired) electrons. The molecule has 1 atom stereocenters. The van der Waals surface area contributed by atoms with Crippen molar-refractivity contribution in [2.24, 2.45) is 4.99 Å². The molecule has 1 aromatic carbocycles. The molecular weight excluding hydrogens is 218 g/mol. The Bertz CT molecular complexity index is 420. The maximum absolute atomic E-state index is 6.16. The van der Waals surface area contributed by atoms with Crippen LogP contribution >= 0.6 is 11.6 Å². The highest BCUT2D eigenvalue weighted by Gasteiger charge is 2.10. The number of allylic oxidation sites excluding steroid dienone is 1. The van der Waals surface area contributed by atoms with Crippen LogP contribution in [0.5, 0.6) is 0 Å². The molecule has 1 aliphatic heterocycles. The number of aliphatic imine (C=N–C) groups is 1. The highest BCUT2D eigenvalue weighted by atomic mass is 35.5. The predicted molar refractivity (Wildman–Crippen MR) is 70.7 cm³/mol. The first-order chi connectivity index (χ1) is 7.66. The smallest absolute Gasteiger partial charge is 0.0723 e. The zero-order chi connectivity index (χ0) is 11.5. The summed E-state index contributed by atoms with van der Waals surface area (Å²) < 4.78 is 0. The van der Waals surface area contributed by atoms with E-state index in [1.165, 1.54) is 11.1 Å². The molecule has 2 rings (SSSR count). The third kappa shape index (κ3) is 2.53. The van der Waals surface area contributed by atoms with Crippen LogP contribution in [0.4, 0.5) is 0 Å². The van der Waals surface area contributed by atoms with Gasteiger partial charge in [0.2, 0.25) is 0 Å². The Hall–Kier alpha value is -1.08. The predicted octanol–water partition coefficient (Wildman–Crippen LogP) is 4.02. The molecule has 1 unspecified atom stereocenters. The van der Waals surface area contributed by atoms with Gasteiger partial charge in [-0.15, -0.1) is 0 Å². The van der Waals surface area contributed by atoms with Crippen molar-refractivity contribution in [2.75, 3.05) is 0 Å². The Morgan fingerprint density at radius 2 is 2.19 bits per heavy atom. The van der Waals surface area contributed by atoms with Crippen molar-refractivity contribution in [1.82, 2.24) is 0 Å². The van der Waals surface area contributed by atoms with Crippen LogP contribution in [0.3, 0.4) is 0 Å². The van der Waals surface area contributed by atoms with Gasteiger partial charge in [-0.25, -0.2) is 0 Å². The van der Waals surface area contributed by atoms with E-state index in [4.69, 9.17) is 11.6 Å². The fourth-order valence-electron chi connectivity index (χ4n) is 1.91. The van der Waals surface area contributed by atoms with Gasteiger partial charge < -0.3 is 0 Å². The Labute approximate surface area is 102 Å². The van der Waals surface area contributed by atoms with Crippen LogP contribution in [-0.2, 0) is 6.42 Å². The molecule has 0 amide bonds. The molecule has 0 N–H and O–H groups in total. The zero-order valence-corrected chi connectivity index (χ0v) is 10.4. The van der Waals surface area contributed by atoms with E-state index in [2.05, 4.69) is 37.0 Å². The first kappa shape index (κ1) is 11.4. The molecule has 0 spiro atoms. The van der Waals surface area contributed by atoms with Gasteiger partial charge >= 0.3 is 0 Å². The first-order valence-electron chi connectivity index (χ1n) is 5.65. The lowest BCUT2D eigenvalue weighted by Crippen LogP contribution is -2.03. The van der Waals surface area contributed by atoms with E-state index >= 15 is 0 Å². The molecule has 1 nitrogen and oxygen atoms in total. The molecule has 84 valence electrons. The van der Waals surface area contributed by atoms with Gasteiger partial charge in [0.15, 0.2) is 0 Å². The second-order valence-corrected chi connectivity index (χ2v) is 4.87. The number of rotatable bonds is 3. The van der Waals surface area contributed by atoms with Gasteiger partial charge in [0.25, 0.3) is 0 Å².